The summed E-state index contributed by atoms with van der Waals surface area (Å²) in [7, 11) is 0. The van der Waals surface area contributed by atoms with Crippen LogP contribution in [0.15, 0.2) is 29.8 Å². The number of phenols is 1. The van der Waals surface area contributed by atoms with Crippen molar-refractivity contribution in [2.45, 2.75) is 70.8 Å². The number of benzene rings is 1. The standard InChI is InChI=1S/C23H32O4/c1-2-17-14-18(9-10-19(17)15-24)21(25)11-7-16-8-12-22(26)23(13-16)27-20-5-3-4-6-20/h8,12-14,17,19-20,24,26H,2-7,9-11,15H2,1H3/t17-,19+/m0/s1. The van der Waals surface area contributed by atoms with Gasteiger partial charge in [-0.15, -0.1) is 0 Å². The summed E-state index contributed by atoms with van der Waals surface area (Å²) in [5.41, 5.74) is 1.94. The molecule has 0 radical (unpaired) electrons. The molecular weight excluding hydrogens is 340 g/mol. The van der Waals surface area contributed by atoms with Gasteiger partial charge in [0.1, 0.15) is 0 Å². The number of rotatable bonds is 8. The second kappa shape index (κ2) is 9.41. The average molecular weight is 373 g/mol. The summed E-state index contributed by atoms with van der Waals surface area (Å²) in [5, 5.41) is 19.5. The van der Waals surface area contributed by atoms with Crippen molar-refractivity contribution in [3.63, 3.8) is 0 Å². The molecule has 1 aromatic carbocycles. The first-order valence-corrected chi connectivity index (χ1v) is 10.4. The van der Waals surface area contributed by atoms with Crippen molar-refractivity contribution >= 4 is 5.78 Å². The maximum Gasteiger partial charge on any atom is 0.161 e. The number of hydrogen-bond donors (Lipinski definition) is 2. The Hall–Kier alpha value is -1.81. The van der Waals surface area contributed by atoms with Crippen molar-refractivity contribution in [3.8, 4) is 11.5 Å². The zero-order valence-electron chi connectivity index (χ0n) is 16.3. The van der Waals surface area contributed by atoms with Crippen LogP contribution in [-0.4, -0.2) is 28.7 Å². The van der Waals surface area contributed by atoms with Gasteiger partial charge in [-0.2, -0.15) is 0 Å². The molecule has 2 N–H and O–H groups in total. The van der Waals surface area contributed by atoms with E-state index in [-0.39, 0.29) is 24.2 Å². The lowest BCUT2D eigenvalue weighted by Gasteiger charge is -2.27. The van der Waals surface area contributed by atoms with Gasteiger partial charge >= 0.3 is 0 Å². The van der Waals surface area contributed by atoms with E-state index in [1.165, 1.54) is 12.8 Å². The molecule has 27 heavy (non-hydrogen) atoms. The molecule has 1 saturated carbocycles. The molecule has 4 heteroatoms. The van der Waals surface area contributed by atoms with Crippen LogP contribution in [0.3, 0.4) is 0 Å². The van der Waals surface area contributed by atoms with E-state index in [0.29, 0.717) is 30.4 Å². The van der Waals surface area contributed by atoms with Crippen LogP contribution in [0, 0.1) is 11.8 Å². The second-order valence-corrected chi connectivity index (χ2v) is 7.99. The summed E-state index contributed by atoms with van der Waals surface area (Å²) < 4.78 is 5.95. The number of aliphatic hydroxyl groups excluding tert-OH is 1. The fourth-order valence-electron chi connectivity index (χ4n) is 4.36. The Kier molecular flexibility index (Phi) is 6.95. The molecule has 2 aliphatic rings. The van der Waals surface area contributed by atoms with Crippen molar-refractivity contribution in [2.24, 2.45) is 11.8 Å². The summed E-state index contributed by atoms with van der Waals surface area (Å²) in [6.07, 6.45) is 10.5. The van der Waals surface area contributed by atoms with Crippen LogP contribution < -0.4 is 4.74 Å². The SMILES string of the molecule is CC[C@H]1C=C(C(=O)CCc2ccc(O)c(OC3CCCC3)c2)CC[C@@H]1CO. The normalized spacial score (nSPS) is 23.3. The van der Waals surface area contributed by atoms with Crippen LogP contribution >= 0.6 is 0 Å². The Labute approximate surface area is 162 Å². The minimum atomic E-state index is 0.174. The lowest BCUT2D eigenvalue weighted by Crippen LogP contribution is -2.23. The number of hydrogen-bond acceptors (Lipinski definition) is 4. The summed E-state index contributed by atoms with van der Waals surface area (Å²) in [4.78, 5) is 12.6. The van der Waals surface area contributed by atoms with Crippen LogP contribution in [0.5, 0.6) is 11.5 Å². The van der Waals surface area contributed by atoms with Gasteiger partial charge < -0.3 is 14.9 Å². The minimum absolute atomic E-state index is 0.174. The highest BCUT2D eigenvalue weighted by atomic mass is 16.5. The van der Waals surface area contributed by atoms with Crippen LogP contribution in [0.1, 0.15) is 63.9 Å². The fraction of sp³-hybridized carbons (Fsp3) is 0.609. The van der Waals surface area contributed by atoms with E-state index in [4.69, 9.17) is 4.74 Å². The van der Waals surface area contributed by atoms with Crippen LogP contribution in [0.4, 0.5) is 0 Å². The van der Waals surface area contributed by atoms with Crippen molar-refractivity contribution < 1.29 is 19.7 Å². The molecule has 0 spiro atoms. The highest BCUT2D eigenvalue weighted by molar-refractivity contribution is 5.95. The van der Waals surface area contributed by atoms with E-state index in [2.05, 4.69) is 13.0 Å². The first kappa shape index (κ1) is 19.9. The molecule has 0 aliphatic heterocycles. The molecule has 3 rings (SSSR count). The third-order valence-corrected chi connectivity index (χ3v) is 6.13. The fourth-order valence-corrected chi connectivity index (χ4v) is 4.36. The molecule has 1 aromatic rings. The van der Waals surface area contributed by atoms with Gasteiger partial charge in [0.25, 0.3) is 0 Å². The van der Waals surface area contributed by atoms with Gasteiger partial charge in [-0.3, -0.25) is 4.79 Å². The lowest BCUT2D eigenvalue weighted by atomic mass is 9.78. The lowest BCUT2D eigenvalue weighted by molar-refractivity contribution is -0.115. The molecular formula is C23H32O4. The van der Waals surface area contributed by atoms with Gasteiger partial charge in [-0.1, -0.05) is 19.1 Å². The zero-order valence-corrected chi connectivity index (χ0v) is 16.3. The van der Waals surface area contributed by atoms with Gasteiger partial charge in [-0.05, 0) is 86.5 Å². The number of aryl methyl sites for hydroxylation is 1. The Morgan fingerprint density at radius 1 is 1.22 bits per heavy atom. The maximum atomic E-state index is 12.6. The summed E-state index contributed by atoms with van der Waals surface area (Å²) in [6.45, 7) is 2.31. The Bertz CT molecular complexity index is 673. The smallest absolute Gasteiger partial charge is 0.161 e. The zero-order chi connectivity index (χ0) is 19.2. The number of aliphatic hydroxyl groups is 1. The Morgan fingerprint density at radius 2 is 2.00 bits per heavy atom. The van der Waals surface area contributed by atoms with Crippen molar-refractivity contribution in [1.82, 2.24) is 0 Å². The highest BCUT2D eigenvalue weighted by Crippen LogP contribution is 2.33. The predicted molar refractivity (Wildman–Crippen MR) is 106 cm³/mol. The third kappa shape index (κ3) is 5.13. The molecule has 2 aliphatic carbocycles. The third-order valence-electron chi connectivity index (χ3n) is 6.13. The van der Waals surface area contributed by atoms with E-state index in [1.807, 2.05) is 12.1 Å². The Morgan fingerprint density at radius 3 is 2.70 bits per heavy atom. The first-order valence-electron chi connectivity index (χ1n) is 10.4. The number of aromatic hydroxyl groups is 1. The van der Waals surface area contributed by atoms with Gasteiger partial charge in [-0.25, -0.2) is 0 Å². The predicted octanol–water partition coefficient (Wildman–Crippen LogP) is 4.57. The first-order chi connectivity index (χ1) is 13.1. The molecule has 0 bridgehead atoms. The maximum absolute atomic E-state index is 12.6. The molecule has 0 unspecified atom stereocenters. The number of carbonyl (C=O) groups excluding carboxylic acids is 1. The van der Waals surface area contributed by atoms with Crippen LogP contribution in [0.25, 0.3) is 0 Å². The summed E-state index contributed by atoms with van der Waals surface area (Å²) in [5.74, 6) is 1.52. The van der Waals surface area contributed by atoms with Crippen LogP contribution in [0.2, 0.25) is 0 Å². The van der Waals surface area contributed by atoms with Gasteiger partial charge in [0.2, 0.25) is 0 Å². The van der Waals surface area contributed by atoms with E-state index < -0.39 is 0 Å². The van der Waals surface area contributed by atoms with Gasteiger partial charge in [0, 0.05) is 13.0 Å². The minimum Gasteiger partial charge on any atom is -0.504 e. The number of Topliss-reactive ketones (excluding diaryl/α,β-unsaturated/α-hetero) is 1. The topological polar surface area (TPSA) is 66.8 Å². The largest absolute Gasteiger partial charge is 0.504 e. The second-order valence-electron chi connectivity index (χ2n) is 7.99. The molecule has 0 aromatic heterocycles. The van der Waals surface area contributed by atoms with E-state index in [0.717, 1.165) is 43.2 Å². The number of allylic oxidation sites excluding steroid dienone is 2. The van der Waals surface area contributed by atoms with E-state index in [1.54, 1.807) is 6.07 Å². The number of ketones is 1. The van der Waals surface area contributed by atoms with Crippen molar-refractivity contribution in [3.05, 3.63) is 35.4 Å². The molecule has 148 valence electrons. The number of carbonyl (C=O) groups is 1. The quantitative estimate of drug-likeness (QED) is 0.701. The van der Waals surface area contributed by atoms with Gasteiger partial charge in [0.05, 0.1) is 6.10 Å². The molecule has 4 nitrogen and oxygen atoms in total. The summed E-state index contributed by atoms with van der Waals surface area (Å²) in [6, 6.07) is 5.42. The molecule has 0 amide bonds. The monoisotopic (exact) mass is 372 g/mol. The van der Waals surface area contributed by atoms with E-state index in [9.17, 15) is 15.0 Å². The molecule has 1 fully saturated rings. The van der Waals surface area contributed by atoms with Crippen molar-refractivity contribution in [1.29, 1.82) is 0 Å². The molecule has 0 saturated heterocycles. The molecule has 0 heterocycles. The highest BCUT2D eigenvalue weighted by Gasteiger charge is 2.25. The molecule has 2 atom stereocenters. The van der Waals surface area contributed by atoms with Gasteiger partial charge in [0.15, 0.2) is 17.3 Å². The van der Waals surface area contributed by atoms with Crippen molar-refractivity contribution in [2.75, 3.05) is 6.61 Å². The number of phenolic OH excluding ortho intramolecular Hbond substituents is 1. The number of ether oxygens (including phenoxy) is 1. The summed E-state index contributed by atoms with van der Waals surface area (Å²) >= 11 is 0. The van der Waals surface area contributed by atoms with Crippen LogP contribution in [-0.2, 0) is 11.2 Å². The Balaban J connectivity index is 1.59. The van der Waals surface area contributed by atoms with E-state index >= 15 is 0 Å². The average Bonchev–Trinajstić information content (AvgIpc) is 3.20.